The molecule has 4 N–H and O–H groups in total. The lowest BCUT2D eigenvalue weighted by molar-refractivity contribution is -0.135. The number of nitrogens with one attached hydrogen (secondary N) is 1. The molecule has 0 aromatic heterocycles. The number of carbonyl (C=O) groups is 2. The summed E-state index contributed by atoms with van der Waals surface area (Å²) < 4.78 is 0. The molecule has 0 spiro atoms. The Morgan fingerprint density at radius 1 is 1.19 bits per heavy atom. The summed E-state index contributed by atoms with van der Waals surface area (Å²) in [6, 6.07) is 6.51. The first-order chi connectivity index (χ1) is 9.69. The molecule has 0 aliphatic carbocycles. The predicted octanol–water partition coefficient (Wildman–Crippen LogP) is 1.47. The molecule has 0 radical (unpaired) electrons. The maximum Gasteiger partial charge on any atom is 0.244 e. The van der Waals surface area contributed by atoms with Crippen LogP contribution in [-0.4, -0.2) is 23.5 Å². The molecule has 0 fully saturated rings. The monoisotopic (exact) mass is 292 g/mol. The minimum atomic E-state index is -0.967. The van der Waals surface area contributed by atoms with Crippen LogP contribution in [0.15, 0.2) is 24.3 Å². The SMILES string of the molecule is CC(C)c1ccc([C@H](NC(=O)C(C)(C)CO)C(N)=O)cc1. The first-order valence-electron chi connectivity index (χ1n) is 7.00. The Hall–Kier alpha value is -1.88. The number of aliphatic hydroxyl groups excluding tert-OH is 1. The van der Waals surface area contributed by atoms with Crippen LogP contribution in [0.2, 0.25) is 0 Å². The summed E-state index contributed by atoms with van der Waals surface area (Å²) in [6.07, 6.45) is 0. The number of nitrogens with two attached hydrogens (primary N) is 1. The highest BCUT2D eigenvalue weighted by Gasteiger charge is 2.30. The van der Waals surface area contributed by atoms with Crippen molar-refractivity contribution in [2.75, 3.05) is 6.61 Å². The first-order valence-corrected chi connectivity index (χ1v) is 7.00. The van der Waals surface area contributed by atoms with E-state index in [0.29, 0.717) is 11.5 Å². The van der Waals surface area contributed by atoms with Crippen LogP contribution in [0.1, 0.15) is 50.8 Å². The van der Waals surface area contributed by atoms with Gasteiger partial charge in [-0.3, -0.25) is 9.59 Å². The van der Waals surface area contributed by atoms with Gasteiger partial charge in [-0.2, -0.15) is 0 Å². The average molecular weight is 292 g/mol. The molecule has 0 saturated heterocycles. The molecular formula is C16H24N2O3. The van der Waals surface area contributed by atoms with Gasteiger partial charge in [0, 0.05) is 0 Å². The van der Waals surface area contributed by atoms with E-state index < -0.39 is 23.3 Å². The van der Waals surface area contributed by atoms with Gasteiger partial charge in [0.25, 0.3) is 0 Å². The second-order valence-corrected chi connectivity index (χ2v) is 6.17. The Morgan fingerprint density at radius 3 is 2.05 bits per heavy atom. The molecule has 1 atom stereocenters. The number of hydrogen-bond acceptors (Lipinski definition) is 3. The number of benzene rings is 1. The van der Waals surface area contributed by atoms with Gasteiger partial charge in [-0.05, 0) is 30.9 Å². The Balaban J connectivity index is 2.97. The van der Waals surface area contributed by atoms with E-state index in [1.807, 2.05) is 12.1 Å². The smallest absolute Gasteiger partial charge is 0.244 e. The summed E-state index contributed by atoms with van der Waals surface area (Å²) in [6.45, 7) is 7.04. The normalized spacial score (nSPS) is 13.0. The molecule has 0 aliphatic rings. The van der Waals surface area contributed by atoms with Gasteiger partial charge in [0.1, 0.15) is 6.04 Å². The maximum absolute atomic E-state index is 12.1. The van der Waals surface area contributed by atoms with E-state index in [0.717, 1.165) is 5.56 Å². The van der Waals surface area contributed by atoms with Crippen molar-refractivity contribution in [3.8, 4) is 0 Å². The molecule has 0 aliphatic heterocycles. The molecule has 116 valence electrons. The van der Waals surface area contributed by atoms with Gasteiger partial charge >= 0.3 is 0 Å². The van der Waals surface area contributed by atoms with Crippen LogP contribution in [0.4, 0.5) is 0 Å². The lowest BCUT2D eigenvalue weighted by atomic mass is 9.92. The molecule has 2 amide bonds. The summed E-state index contributed by atoms with van der Waals surface area (Å²) >= 11 is 0. The Labute approximate surface area is 125 Å². The van der Waals surface area contributed by atoms with Gasteiger partial charge in [-0.1, -0.05) is 38.1 Å². The molecule has 5 nitrogen and oxygen atoms in total. The van der Waals surface area contributed by atoms with Crippen LogP contribution >= 0.6 is 0 Å². The topological polar surface area (TPSA) is 92.4 Å². The number of aliphatic hydroxyl groups is 1. The van der Waals surface area contributed by atoms with Gasteiger partial charge in [-0.15, -0.1) is 0 Å². The van der Waals surface area contributed by atoms with Crippen molar-refractivity contribution in [3.63, 3.8) is 0 Å². The van der Waals surface area contributed by atoms with Gasteiger partial charge in [-0.25, -0.2) is 0 Å². The van der Waals surface area contributed by atoms with E-state index in [2.05, 4.69) is 19.2 Å². The summed E-state index contributed by atoms with van der Waals surface area (Å²) in [5, 5.41) is 11.8. The Kier molecular flexibility index (Phi) is 5.49. The fourth-order valence-electron chi connectivity index (χ4n) is 1.79. The molecule has 0 heterocycles. The van der Waals surface area contributed by atoms with E-state index in [1.54, 1.807) is 26.0 Å². The number of primary amides is 1. The van der Waals surface area contributed by atoms with Crippen molar-refractivity contribution in [2.24, 2.45) is 11.1 Å². The van der Waals surface area contributed by atoms with Gasteiger partial charge in [0.2, 0.25) is 11.8 Å². The maximum atomic E-state index is 12.1. The third-order valence-corrected chi connectivity index (χ3v) is 3.51. The third-order valence-electron chi connectivity index (χ3n) is 3.51. The van der Waals surface area contributed by atoms with Crippen molar-refractivity contribution >= 4 is 11.8 Å². The van der Waals surface area contributed by atoms with Gasteiger partial charge < -0.3 is 16.2 Å². The molecule has 0 saturated carbocycles. The first kappa shape index (κ1) is 17.2. The van der Waals surface area contributed by atoms with Crippen molar-refractivity contribution in [1.82, 2.24) is 5.32 Å². The molecule has 21 heavy (non-hydrogen) atoms. The molecular weight excluding hydrogens is 268 g/mol. The predicted molar refractivity (Wildman–Crippen MR) is 81.5 cm³/mol. The quantitative estimate of drug-likeness (QED) is 0.741. The fourth-order valence-corrected chi connectivity index (χ4v) is 1.79. The van der Waals surface area contributed by atoms with Crippen LogP contribution in [0.5, 0.6) is 0 Å². The summed E-state index contributed by atoms with van der Waals surface area (Å²) in [4.78, 5) is 23.7. The molecule has 1 aromatic rings. The van der Waals surface area contributed by atoms with Crippen LogP contribution in [0, 0.1) is 5.41 Å². The van der Waals surface area contributed by atoms with Gasteiger partial charge in [0.15, 0.2) is 0 Å². The molecule has 1 rings (SSSR count). The lowest BCUT2D eigenvalue weighted by Gasteiger charge is -2.24. The molecule has 5 heteroatoms. The zero-order chi connectivity index (χ0) is 16.2. The highest BCUT2D eigenvalue weighted by atomic mass is 16.3. The van der Waals surface area contributed by atoms with Gasteiger partial charge in [0.05, 0.1) is 12.0 Å². The number of amides is 2. The minimum absolute atomic E-state index is 0.309. The van der Waals surface area contributed by atoms with E-state index in [4.69, 9.17) is 5.73 Å². The van der Waals surface area contributed by atoms with Crippen molar-refractivity contribution in [1.29, 1.82) is 0 Å². The Bertz CT molecular complexity index is 507. The van der Waals surface area contributed by atoms with E-state index in [-0.39, 0.29) is 6.61 Å². The van der Waals surface area contributed by atoms with Crippen LogP contribution in [0.3, 0.4) is 0 Å². The second kappa shape index (κ2) is 6.72. The minimum Gasteiger partial charge on any atom is -0.395 e. The number of carbonyl (C=O) groups excluding carboxylic acids is 2. The molecule has 0 unspecified atom stereocenters. The summed E-state index contributed by atoms with van der Waals surface area (Å²) in [5.41, 5.74) is 6.19. The highest BCUT2D eigenvalue weighted by Crippen LogP contribution is 2.21. The Morgan fingerprint density at radius 2 is 1.67 bits per heavy atom. The van der Waals surface area contributed by atoms with E-state index in [1.165, 1.54) is 0 Å². The third kappa shape index (κ3) is 4.29. The fraction of sp³-hybridized carbons (Fsp3) is 0.500. The second-order valence-electron chi connectivity index (χ2n) is 6.17. The van der Waals surface area contributed by atoms with Crippen LogP contribution in [-0.2, 0) is 9.59 Å². The van der Waals surface area contributed by atoms with Crippen molar-refractivity contribution in [3.05, 3.63) is 35.4 Å². The summed E-state index contributed by atoms with van der Waals surface area (Å²) in [5.74, 6) is -0.662. The summed E-state index contributed by atoms with van der Waals surface area (Å²) in [7, 11) is 0. The van der Waals surface area contributed by atoms with E-state index >= 15 is 0 Å². The molecule has 1 aromatic carbocycles. The molecule has 0 bridgehead atoms. The standard InChI is InChI=1S/C16H24N2O3/c1-10(2)11-5-7-12(8-6-11)13(14(17)20)18-15(21)16(3,4)9-19/h5-8,10,13,19H,9H2,1-4H3,(H2,17,20)(H,18,21)/t13-/m0/s1. The van der Waals surface area contributed by atoms with Crippen LogP contribution in [0.25, 0.3) is 0 Å². The lowest BCUT2D eigenvalue weighted by Crippen LogP contribution is -2.45. The zero-order valence-electron chi connectivity index (χ0n) is 13.0. The van der Waals surface area contributed by atoms with E-state index in [9.17, 15) is 14.7 Å². The number of hydrogen-bond donors (Lipinski definition) is 3. The largest absolute Gasteiger partial charge is 0.395 e. The number of rotatable bonds is 6. The van der Waals surface area contributed by atoms with Crippen LogP contribution < -0.4 is 11.1 Å². The van der Waals surface area contributed by atoms with Crippen molar-refractivity contribution in [2.45, 2.75) is 39.7 Å². The van der Waals surface area contributed by atoms with Crippen molar-refractivity contribution < 1.29 is 14.7 Å². The zero-order valence-corrected chi connectivity index (χ0v) is 13.0. The highest BCUT2D eigenvalue weighted by molar-refractivity contribution is 5.89. The average Bonchev–Trinajstić information content (AvgIpc) is 2.44.